The fourth-order valence-corrected chi connectivity index (χ4v) is 1.32. The van der Waals surface area contributed by atoms with Gasteiger partial charge in [0.2, 0.25) is 11.9 Å². The molecule has 0 amide bonds. The lowest BCUT2D eigenvalue weighted by Crippen LogP contribution is -2.33. The first-order valence-electron chi connectivity index (χ1n) is 5.56. The number of carbonyl (C=O) groups excluding carboxylic acids is 1. The van der Waals surface area contributed by atoms with E-state index in [9.17, 15) is 4.79 Å². The number of aryl methyl sites for hydroxylation is 1. The number of rotatable bonds is 6. The molecule has 0 saturated carbocycles. The molecule has 1 aromatic rings. The van der Waals surface area contributed by atoms with Crippen LogP contribution in [-0.4, -0.2) is 30.6 Å². The summed E-state index contributed by atoms with van der Waals surface area (Å²) in [4.78, 5) is 11.0. The molecule has 0 saturated heterocycles. The Morgan fingerprint density at radius 2 is 2.37 bits per heavy atom. The molecule has 0 aliphatic rings. The predicted molar refractivity (Wildman–Crippen MR) is 66.9 cm³/mol. The van der Waals surface area contributed by atoms with E-state index in [4.69, 9.17) is 21.1 Å². The lowest BCUT2D eigenvalue weighted by Gasteiger charge is -2.05. The van der Waals surface area contributed by atoms with Crippen molar-refractivity contribution in [1.29, 1.82) is 0 Å². The number of carbonyl (C=O) groups is 1. The predicted octanol–water partition coefficient (Wildman–Crippen LogP) is 0.264. The van der Waals surface area contributed by atoms with E-state index >= 15 is 0 Å². The van der Waals surface area contributed by atoms with Crippen LogP contribution in [-0.2, 0) is 16.6 Å². The third-order valence-corrected chi connectivity index (χ3v) is 2.20. The van der Waals surface area contributed by atoms with Crippen LogP contribution in [0.5, 0.6) is 5.75 Å². The fourth-order valence-electron chi connectivity index (χ4n) is 1.32. The summed E-state index contributed by atoms with van der Waals surface area (Å²) in [7, 11) is 1.79. The highest BCUT2D eigenvalue weighted by Gasteiger charge is 2.07. The van der Waals surface area contributed by atoms with E-state index in [1.807, 2.05) is 0 Å². The Morgan fingerprint density at radius 1 is 1.58 bits per heavy atom. The van der Waals surface area contributed by atoms with Gasteiger partial charge in [0, 0.05) is 6.07 Å². The molecule has 0 unspecified atom stereocenters. The maximum absolute atomic E-state index is 11.0. The topological polar surface area (TPSA) is 72.0 Å². The van der Waals surface area contributed by atoms with E-state index in [2.05, 4.69) is 11.1 Å². The molecule has 0 fully saturated rings. The zero-order chi connectivity index (χ0) is 14.1. The van der Waals surface area contributed by atoms with Crippen molar-refractivity contribution < 1.29 is 24.0 Å². The summed E-state index contributed by atoms with van der Waals surface area (Å²) >= 11 is 0. The molecule has 0 aromatic carbocycles. The van der Waals surface area contributed by atoms with Crippen molar-refractivity contribution in [3.8, 4) is 18.1 Å². The maximum atomic E-state index is 11.0. The van der Waals surface area contributed by atoms with Crippen molar-refractivity contribution in [2.24, 2.45) is 12.2 Å². The van der Waals surface area contributed by atoms with E-state index < -0.39 is 5.97 Å². The number of oxime groups is 1. The van der Waals surface area contributed by atoms with Crippen molar-refractivity contribution >= 4 is 12.2 Å². The minimum atomic E-state index is -0.439. The molecule has 0 aliphatic carbocycles. The van der Waals surface area contributed by atoms with E-state index in [1.165, 1.54) is 6.21 Å². The molecule has 1 heterocycles. The van der Waals surface area contributed by atoms with Gasteiger partial charge in [-0.1, -0.05) is 11.1 Å². The Balaban J connectivity index is 2.40. The number of ether oxygens (including phenoxy) is 2. The Bertz CT molecular complexity index is 506. The molecule has 100 valence electrons. The van der Waals surface area contributed by atoms with Crippen LogP contribution >= 0.6 is 0 Å². The van der Waals surface area contributed by atoms with Gasteiger partial charge in [-0.25, -0.2) is 0 Å². The first-order valence-corrected chi connectivity index (χ1v) is 5.56. The Morgan fingerprint density at radius 3 is 3.00 bits per heavy atom. The SMILES string of the molecule is C#CCC(=O)OCCOc1ccc(C=NO)[n+](C)c1. The summed E-state index contributed by atoms with van der Waals surface area (Å²) in [5, 5.41) is 11.4. The Labute approximate surface area is 111 Å². The number of aromatic nitrogens is 1. The normalized spacial score (nSPS) is 10.1. The fraction of sp³-hybridized carbons (Fsp3) is 0.308. The number of pyridine rings is 1. The number of terminal acetylenes is 1. The molecule has 1 N–H and O–H groups in total. The second-order valence-electron chi connectivity index (χ2n) is 3.59. The first-order chi connectivity index (χ1) is 9.17. The van der Waals surface area contributed by atoms with Crippen LogP contribution in [0.1, 0.15) is 12.1 Å². The quantitative estimate of drug-likeness (QED) is 0.152. The van der Waals surface area contributed by atoms with Crippen LogP contribution in [0, 0.1) is 12.3 Å². The monoisotopic (exact) mass is 263 g/mol. The van der Waals surface area contributed by atoms with Gasteiger partial charge >= 0.3 is 5.97 Å². The van der Waals surface area contributed by atoms with E-state index in [1.54, 1.807) is 29.9 Å². The summed E-state index contributed by atoms with van der Waals surface area (Å²) in [5.74, 6) is 2.38. The van der Waals surface area contributed by atoms with Gasteiger partial charge < -0.3 is 14.7 Å². The highest BCUT2D eigenvalue weighted by Crippen LogP contribution is 2.06. The molecule has 0 atom stereocenters. The summed E-state index contributed by atoms with van der Waals surface area (Å²) in [6.45, 7) is 0.383. The van der Waals surface area contributed by atoms with Gasteiger partial charge in [0.25, 0.3) is 0 Å². The van der Waals surface area contributed by atoms with Crippen molar-refractivity contribution in [3.05, 3.63) is 24.0 Å². The second kappa shape index (κ2) is 7.71. The molecule has 1 rings (SSSR count). The van der Waals surface area contributed by atoms with Crippen LogP contribution in [0.25, 0.3) is 0 Å². The number of esters is 1. The number of nitrogens with zero attached hydrogens (tertiary/aromatic N) is 2. The molecule has 0 aliphatic heterocycles. The van der Waals surface area contributed by atoms with Crippen LogP contribution in [0.15, 0.2) is 23.5 Å². The highest BCUT2D eigenvalue weighted by molar-refractivity contribution is 5.74. The first kappa shape index (κ1) is 14.5. The van der Waals surface area contributed by atoms with Crippen molar-refractivity contribution in [3.63, 3.8) is 0 Å². The molecule has 0 bridgehead atoms. The molecule has 1 aromatic heterocycles. The summed E-state index contributed by atoms with van der Waals surface area (Å²) < 4.78 is 12.0. The molecule has 6 heteroatoms. The highest BCUT2D eigenvalue weighted by atomic mass is 16.6. The summed E-state index contributed by atoms with van der Waals surface area (Å²) in [6, 6.07) is 3.46. The third-order valence-electron chi connectivity index (χ3n) is 2.20. The van der Waals surface area contributed by atoms with Gasteiger partial charge in [-0.3, -0.25) is 4.79 Å². The molecule has 6 nitrogen and oxygen atoms in total. The van der Waals surface area contributed by atoms with Gasteiger partial charge in [0.05, 0.1) is 0 Å². The van der Waals surface area contributed by atoms with Gasteiger partial charge in [0.15, 0.2) is 5.75 Å². The van der Waals surface area contributed by atoms with Gasteiger partial charge in [-0.05, 0) is 6.07 Å². The van der Waals surface area contributed by atoms with Gasteiger partial charge in [-0.15, -0.1) is 6.42 Å². The van der Waals surface area contributed by atoms with Crippen LogP contribution in [0.3, 0.4) is 0 Å². The average molecular weight is 263 g/mol. The second-order valence-corrected chi connectivity index (χ2v) is 3.59. The van der Waals surface area contributed by atoms with Crippen LogP contribution in [0.2, 0.25) is 0 Å². The number of hydrogen-bond acceptors (Lipinski definition) is 5. The van der Waals surface area contributed by atoms with Gasteiger partial charge in [0.1, 0.15) is 32.9 Å². The minimum absolute atomic E-state index is 0.0375. The molecular weight excluding hydrogens is 248 g/mol. The van der Waals surface area contributed by atoms with Crippen molar-refractivity contribution in [2.45, 2.75) is 6.42 Å². The standard InChI is InChI=1S/C13H14N2O4/c1-3-4-13(16)19-8-7-18-12-6-5-11(9-14-17)15(2)10-12/h1,5-6,9-10H,4,7-8H2,2H3/p+1. The van der Waals surface area contributed by atoms with Gasteiger partial charge in [-0.2, -0.15) is 4.57 Å². The Kier molecular flexibility index (Phi) is 5.89. The molecule has 0 spiro atoms. The molecule has 19 heavy (non-hydrogen) atoms. The molecular formula is C13H15N2O4+. The minimum Gasteiger partial charge on any atom is -0.484 e. The zero-order valence-electron chi connectivity index (χ0n) is 10.6. The number of hydrogen-bond donors (Lipinski definition) is 1. The van der Waals surface area contributed by atoms with Crippen LogP contribution in [0.4, 0.5) is 0 Å². The lowest BCUT2D eigenvalue weighted by molar-refractivity contribution is -0.672. The average Bonchev–Trinajstić information content (AvgIpc) is 2.38. The third kappa shape index (κ3) is 5.08. The van der Waals surface area contributed by atoms with Crippen LogP contribution < -0.4 is 9.30 Å². The van der Waals surface area contributed by atoms with E-state index in [-0.39, 0.29) is 19.6 Å². The van der Waals surface area contributed by atoms with E-state index in [0.717, 1.165) is 5.69 Å². The van der Waals surface area contributed by atoms with E-state index in [0.29, 0.717) is 5.75 Å². The molecule has 0 radical (unpaired) electrons. The smallest absolute Gasteiger partial charge is 0.318 e. The Hall–Kier alpha value is -2.55. The zero-order valence-corrected chi connectivity index (χ0v) is 10.6. The summed E-state index contributed by atoms with van der Waals surface area (Å²) in [5.41, 5.74) is 0.718. The largest absolute Gasteiger partial charge is 0.484 e. The lowest BCUT2D eigenvalue weighted by atomic mass is 10.3. The summed E-state index contributed by atoms with van der Waals surface area (Å²) in [6.07, 6.45) is 7.96. The van der Waals surface area contributed by atoms with Crippen molar-refractivity contribution in [2.75, 3.05) is 13.2 Å². The van der Waals surface area contributed by atoms with Crippen molar-refractivity contribution in [1.82, 2.24) is 0 Å². The maximum Gasteiger partial charge on any atom is 0.318 e.